The lowest BCUT2D eigenvalue weighted by atomic mass is 9.95. The number of rotatable bonds is 4. The molecule has 2 aliphatic heterocycles. The van der Waals surface area contributed by atoms with Crippen LogP contribution in [-0.4, -0.2) is 111 Å². The second-order valence-electron chi connectivity index (χ2n) is 5.55. The van der Waals surface area contributed by atoms with Crippen molar-refractivity contribution < 1.29 is 45.2 Å². The smallest absolute Gasteiger partial charge is 0.187 e. The van der Waals surface area contributed by atoms with Crippen LogP contribution in [0.3, 0.4) is 0 Å². The van der Waals surface area contributed by atoms with Crippen LogP contribution in [0.1, 0.15) is 0 Å². The van der Waals surface area contributed by atoms with Crippen molar-refractivity contribution in [3.05, 3.63) is 0 Å². The molecule has 10 nitrogen and oxygen atoms in total. The first-order chi connectivity index (χ1) is 10.4. The van der Waals surface area contributed by atoms with E-state index in [-0.39, 0.29) is 6.54 Å². The second-order valence-corrected chi connectivity index (χ2v) is 5.55. The molecule has 0 aromatic heterocycles. The van der Waals surface area contributed by atoms with Gasteiger partial charge in [0, 0.05) is 6.54 Å². The van der Waals surface area contributed by atoms with Gasteiger partial charge in [-0.2, -0.15) is 0 Å². The summed E-state index contributed by atoms with van der Waals surface area (Å²) in [5, 5.41) is 70.0. The maximum atomic E-state index is 9.97. The van der Waals surface area contributed by atoms with Gasteiger partial charge in [-0.05, 0) is 0 Å². The van der Waals surface area contributed by atoms with Gasteiger partial charge in [-0.15, -0.1) is 0 Å². The Morgan fingerprint density at radius 1 is 0.909 bits per heavy atom. The fraction of sp³-hybridized carbons (Fsp3) is 1.00. The van der Waals surface area contributed by atoms with E-state index in [1.807, 2.05) is 0 Å². The van der Waals surface area contributed by atoms with Gasteiger partial charge in [0.1, 0.15) is 36.6 Å². The molecule has 0 bridgehead atoms. The highest BCUT2D eigenvalue weighted by Crippen LogP contribution is 2.25. The Kier molecular flexibility index (Phi) is 6.07. The molecule has 2 heterocycles. The van der Waals surface area contributed by atoms with E-state index in [4.69, 9.17) is 14.6 Å². The molecule has 0 amide bonds. The lowest BCUT2D eigenvalue weighted by Gasteiger charge is -2.44. The topological polar surface area (TPSA) is 172 Å². The van der Waals surface area contributed by atoms with Crippen molar-refractivity contribution in [3.8, 4) is 0 Å². The number of nitrogens with one attached hydrogen (secondary N) is 1. The summed E-state index contributed by atoms with van der Waals surface area (Å²) in [5.74, 6) is 0. The molecular formula is C12H23NO9. The normalized spacial score (nSPS) is 50.0. The Hall–Kier alpha value is -0.400. The first-order valence-corrected chi connectivity index (χ1v) is 7.07. The number of hydrogen-bond acceptors (Lipinski definition) is 10. The van der Waals surface area contributed by atoms with E-state index in [2.05, 4.69) is 5.32 Å². The van der Waals surface area contributed by atoms with Crippen LogP contribution in [0.25, 0.3) is 0 Å². The molecule has 2 saturated heterocycles. The zero-order valence-electron chi connectivity index (χ0n) is 11.8. The first-order valence-electron chi connectivity index (χ1n) is 7.07. The summed E-state index contributed by atoms with van der Waals surface area (Å²) in [4.78, 5) is 0. The minimum atomic E-state index is -1.62. The zero-order valence-corrected chi connectivity index (χ0v) is 11.8. The third-order valence-electron chi connectivity index (χ3n) is 4.05. The molecular weight excluding hydrogens is 302 g/mol. The zero-order chi connectivity index (χ0) is 16.4. The molecule has 0 unspecified atom stereocenters. The molecule has 0 saturated carbocycles. The van der Waals surface area contributed by atoms with E-state index in [1.54, 1.807) is 0 Å². The van der Waals surface area contributed by atoms with E-state index in [0.29, 0.717) is 0 Å². The monoisotopic (exact) mass is 325 g/mol. The van der Waals surface area contributed by atoms with Crippen molar-refractivity contribution >= 4 is 0 Å². The number of aliphatic hydroxyl groups excluding tert-OH is 7. The van der Waals surface area contributed by atoms with Gasteiger partial charge in [0.2, 0.25) is 0 Å². The van der Waals surface area contributed by atoms with Gasteiger partial charge in [-0.1, -0.05) is 0 Å². The van der Waals surface area contributed by atoms with Gasteiger partial charge >= 0.3 is 0 Å². The van der Waals surface area contributed by atoms with Crippen LogP contribution in [0.2, 0.25) is 0 Å². The van der Waals surface area contributed by atoms with Crippen LogP contribution in [0.4, 0.5) is 0 Å². The number of β-amino-alcohol motifs (C(OH)–C–C–N with tert-alkyl or cyclic N) is 1. The molecule has 0 radical (unpaired) electrons. The van der Waals surface area contributed by atoms with Crippen LogP contribution in [0.15, 0.2) is 0 Å². The van der Waals surface area contributed by atoms with Crippen LogP contribution in [0.5, 0.6) is 0 Å². The fourth-order valence-corrected chi connectivity index (χ4v) is 2.64. The molecule has 0 spiro atoms. The molecule has 9 atom stereocenters. The Balaban J connectivity index is 2.09. The molecule has 0 aliphatic carbocycles. The summed E-state index contributed by atoms with van der Waals surface area (Å²) < 4.78 is 10.6. The first kappa shape index (κ1) is 17.9. The highest BCUT2D eigenvalue weighted by atomic mass is 16.7. The summed E-state index contributed by atoms with van der Waals surface area (Å²) in [6.45, 7) is -0.949. The molecule has 130 valence electrons. The van der Waals surface area contributed by atoms with Crippen LogP contribution in [0, 0.1) is 0 Å². The summed E-state index contributed by atoms with van der Waals surface area (Å²) >= 11 is 0. The summed E-state index contributed by atoms with van der Waals surface area (Å²) in [7, 11) is 0. The minimum Gasteiger partial charge on any atom is -0.395 e. The lowest BCUT2D eigenvalue weighted by Crippen LogP contribution is -2.65. The van der Waals surface area contributed by atoms with Crippen molar-refractivity contribution in [2.75, 3.05) is 19.8 Å². The number of piperidine rings is 1. The number of ether oxygens (including phenoxy) is 2. The Morgan fingerprint density at radius 2 is 1.59 bits per heavy atom. The summed E-state index contributed by atoms with van der Waals surface area (Å²) in [5.41, 5.74) is 0. The highest BCUT2D eigenvalue weighted by Gasteiger charge is 2.47. The largest absolute Gasteiger partial charge is 0.395 e. The van der Waals surface area contributed by atoms with E-state index in [0.717, 1.165) is 0 Å². The van der Waals surface area contributed by atoms with Crippen molar-refractivity contribution in [2.45, 2.75) is 55.1 Å². The fourth-order valence-electron chi connectivity index (χ4n) is 2.64. The number of aliphatic hydroxyl groups is 7. The number of hydrogen-bond donors (Lipinski definition) is 8. The van der Waals surface area contributed by atoms with Gasteiger partial charge in [0.15, 0.2) is 6.29 Å². The van der Waals surface area contributed by atoms with Gasteiger partial charge in [-0.3, -0.25) is 0 Å². The summed E-state index contributed by atoms with van der Waals surface area (Å²) in [6, 6.07) is -0.717. The van der Waals surface area contributed by atoms with Gasteiger partial charge < -0.3 is 50.5 Å². The van der Waals surface area contributed by atoms with Crippen molar-refractivity contribution in [1.82, 2.24) is 5.32 Å². The van der Waals surface area contributed by atoms with Gasteiger partial charge in [-0.25, -0.2) is 0 Å². The second kappa shape index (κ2) is 7.45. The highest BCUT2D eigenvalue weighted by molar-refractivity contribution is 4.95. The van der Waals surface area contributed by atoms with E-state index < -0.39 is 68.3 Å². The molecule has 8 N–H and O–H groups in total. The Bertz CT molecular complexity index is 355. The molecule has 2 fully saturated rings. The minimum absolute atomic E-state index is 0.0565. The third kappa shape index (κ3) is 3.41. The molecule has 0 aromatic carbocycles. The average molecular weight is 325 g/mol. The average Bonchev–Trinajstić information content (AvgIpc) is 2.52. The van der Waals surface area contributed by atoms with Crippen molar-refractivity contribution in [2.24, 2.45) is 0 Å². The SMILES string of the molecule is OC[C@H]1NC[C@H](O)[C@@H](O)[C@@H]1O[C@@H]1O[C@H](CO)[C@H](O)[C@H](O)[C@H]1O. The van der Waals surface area contributed by atoms with Crippen molar-refractivity contribution in [3.63, 3.8) is 0 Å². The Morgan fingerprint density at radius 3 is 2.18 bits per heavy atom. The van der Waals surface area contributed by atoms with E-state index in [9.17, 15) is 30.6 Å². The van der Waals surface area contributed by atoms with Crippen LogP contribution < -0.4 is 5.32 Å². The van der Waals surface area contributed by atoms with Gasteiger partial charge in [0.05, 0.1) is 25.4 Å². The van der Waals surface area contributed by atoms with Gasteiger partial charge in [0.25, 0.3) is 0 Å². The maximum Gasteiger partial charge on any atom is 0.187 e. The molecule has 0 aromatic rings. The van der Waals surface area contributed by atoms with E-state index >= 15 is 0 Å². The molecule has 22 heavy (non-hydrogen) atoms. The molecule has 10 heteroatoms. The Labute approximate surface area is 126 Å². The predicted octanol–water partition coefficient (Wildman–Crippen LogP) is -5.14. The van der Waals surface area contributed by atoms with Crippen LogP contribution in [-0.2, 0) is 9.47 Å². The lowest BCUT2D eigenvalue weighted by molar-refractivity contribution is -0.324. The van der Waals surface area contributed by atoms with E-state index in [1.165, 1.54) is 0 Å². The third-order valence-corrected chi connectivity index (χ3v) is 4.05. The molecule has 2 aliphatic rings. The predicted molar refractivity (Wildman–Crippen MR) is 69.5 cm³/mol. The quantitative estimate of drug-likeness (QED) is 0.250. The molecule has 2 rings (SSSR count). The summed E-state index contributed by atoms with van der Waals surface area (Å²) in [6.07, 6.45) is -10.9. The maximum absolute atomic E-state index is 9.97. The standard InChI is InChI=1S/C12H23NO9/c14-2-4-11(7(17)5(16)1-13-4)22-12-10(20)9(19)8(18)6(3-15)21-12/h4-20H,1-3H2/t4-,5+,6-,7-,8+,9+,10-,11-,12+/m1/s1. The van der Waals surface area contributed by atoms with Crippen molar-refractivity contribution in [1.29, 1.82) is 0 Å². The van der Waals surface area contributed by atoms with Crippen LogP contribution >= 0.6 is 0 Å².